The van der Waals surface area contributed by atoms with Crippen LogP contribution in [-0.2, 0) is 129 Å². The topological polar surface area (TPSA) is 364 Å². The number of carbonyl (C=O) groups excluding carboxylic acids is 12. The van der Waals surface area contributed by atoms with E-state index in [1.807, 2.05) is 0 Å². The molecule has 0 aromatic heterocycles. The maximum atomic E-state index is 12.5. The van der Waals surface area contributed by atoms with Crippen molar-refractivity contribution in [2.45, 2.75) is 208 Å². The van der Waals surface area contributed by atoms with Crippen molar-refractivity contribution in [3.05, 3.63) is 0 Å². The number of esters is 12. The van der Waals surface area contributed by atoms with E-state index < -0.39 is 170 Å². The van der Waals surface area contributed by atoms with E-state index in [4.69, 9.17) is 71.1 Å². The fourth-order valence-electron chi connectivity index (χ4n) is 9.94. The number of ether oxygens (including phenoxy) is 15. The summed E-state index contributed by atoms with van der Waals surface area (Å²) in [6, 6.07) is 0. The van der Waals surface area contributed by atoms with Gasteiger partial charge in [0, 0.05) is 119 Å². The Bertz CT molecular complexity index is 2090. The number of thioether (sulfide) groups is 3. The van der Waals surface area contributed by atoms with Gasteiger partial charge in [-0.05, 0) is 38.5 Å². The van der Waals surface area contributed by atoms with Crippen LogP contribution >= 0.6 is 35.3 Å². The number of rotatable bonds is 34. The summed E-state index contributed by atoms with van der Waals surface area (Å²) in [5, 5.41) is 7.09. The molecule has 31 heteroatoms. The third-order valence-corrected chi connectivity index (χ3v) is 18.0. The van der Waals surface area contributed by atoms with Gasteiger partial charge in [-0.25, -0.2) is 0 Å². The minimum absolute atomic E-state index is 0.0391. The fourth-order valence-corrected chi connectivity index (χ4v) is 14.8. The first-order valence-corrected chi connectivity index (χ1v) is 31.0. The van der Waals surface area contributed by atoms with E-state index in [-0.39, 0.29) is 98.0 Å². The zero-order valence-corrected chi connectivity index (χ0v) is 53.6. The molecule has 3 fully saturated rings. The average molecular weight is 1300 g/mol. The summed E-state index contributed by atoms with van der Waals surface area (Å²) in [6.07, 6.45) is -9.09. The highest BCUT2D eigenvalue weighted by Crippen LogP contribution is 2.43. The van der Waals surface area contributed by atoms with Gasteiger partial charge in [0.25, 0.3) is 0 Å². The standard InChI is InChI=1S/C56H84O28S3/c1-29(58)73-22-44-50(79-35(7)64)53(82-38(10)67)47(76-32(4)61)41(85-44)16-13-19-70-26-56(25-57,27-71-20-14-17-42-48(77-33(5)62)54(83-39(11)68)51(80-36(8)65)45(86-42)23-74-30(2)59)28-72-21-15-18-43-49(78-34(6)63)55(84-40(12)69)52(81-37(9)66)46(87-43)24-75-31(3)60/h41-55,57H,13-28H2,1-12H3/t41-,42-,43-,44-,45-,46-,47-,48-,49-,50-,51-,52-,53-,54-,55-/m1/s1. The average Bonchev–Trinajstić information content (AvgIpc) is 0.985. The second kappa shape index (κ2) is 38.2. The molecule has 87 heavy (non-hydrogen) atoms. The molecular weight excluding hydrogens is 1220 g/mol. The Hall–Kier alpha value is -5.47. The summed E-state index contributed by atoms with van der Waals surface area (Å²) < 4.78 is 85.4. The molecule has 15 atom stereocenters. The molecule has 3 aliphatic heterocycles. The Morgan fingerprint density at radius 3 is 0.678 bits per heavy atom. The molecule has 494 valence electrons. The van der Waals surface area contributed by atoms with Crippen LogP contribution in [0.15, 0.2) is 0 Å². The van der Waals surface area contributed by atoms with Gasteiger partial charge in [-0.15, -0.1) is 35.3 Å². The van der Waals surface area contributed by atoms with E-state index in [1.54, 1.807) is 0 Å². The van der Waals surface area contributed by atoms with E-state index >= 15 is 0 Å². The van der Waals surface area contributed by atoms with Gasteiger partial charge in [0.15, 0.2) is 54.9 Å². The zero-order chi connectivity index (χ0) is 65.1. The molecule has 0 saturated carbocycles. The molecule has 0 amide bonds. The summed E-state index contributed by atoms with van der Waals surface area (Å²) in [7, 11) is 0. The normalized spacial score (nSPS) is 26.9. The molecule has 0 unspecified atom stereocenters. The molecular formula is C56H84O28S3. The third kappa shape index (κ3) is 27.0. The highest BCUT2D eigenvalue weighted by molar-refractivity contribution is 8.01. The first-order valence-electron chi connectivity index (χ1n) is 28.2. The van der Waals surface area contributed by atoms with Gasteiger partial charge in [0.2, 0.25) is 0 Å². The van der Waals surface area contributed by atoms with E-state index in [0.717, 1.165) is 41.5 Å². The molecule has 3 rings (SSSR count). The van der Waals surface area contributed by atoms with Crippen molar-refractivity contribution in [3.63, 3.8) is 0 Å². The summed E-state index contributed by atoms with van der Waals surface area (Å²) in [5.74, 6) is -8.40. The van der Waals surface area contributed by atoms with Gasteiger partial charge in [0.05, 0.1) is 47.6 Å². The smallest absolute Gasteiger partial charge is 0.303 e. The largest absolute Gasteiger partial charge is 0.465 e. The van der Waals surface area contributed by atoms with Crippen LogP contribution in [-0.4, -0.2) is 229 Å². The fraction of sp³-hybridized carbons (Fsp3) is 0.786. The second-order valence-corrected chi connectivity index (χ2v) is 25.4. The molecule has 28 nitrogen and oxygen atoms in total. The lowest BCUT2D eigenvalue weighted by atomic mass is 9.92. The molecule has 3 saturated heterocycles. The first kappa shape index (κ1) is 75.8. The van der Waals surface area contributed by atoms with Crippen molar-refractivity contribution in [1.82, 2.24) is 0 Å². The molecule has 3 aliphatic rings. The number of aliphatic hydroxyl groups is 1. The van der Waals surface area contributed by atoms with E-state index in [2.05, 4.69) is 0 Å². The predicted octanol–water partition coefficient (Wildman–Crippen LogP) is 2.88. The molecule has 3 heterocycles. The minimum Gasteiger partial charge on any atom is -0.465 e. The summed E-state index contributed by atoms with van der Waals surface area (Å²) in [5.41, 5.74) is -1.26. The van der Waals surface area contributed by atoms with Gasteiger partial charge in [-0.1, -0.05) is 0 Å². The molecule has 0 aromatic rings. The lowest BCUT2D eigenvalue weighted by Gasteiger charge is -2.44. The van der Waals surface area contributed by atoms with Crippen LogP contribution in [0.2, 0.25) is 0 Å². The van der Waals surface area contributed by atoms with Crippen LogP contribution < -0.4 is 0 Å². The highest BCUT2D eigenvalue weighted by Gasteiger charge is 2.54. The van der Waals surface area contributed by atoms with Crippen molar-refractivity contribution in [2.24, 2.45) is 5.41 Å². The predicted molar refractivity (Wildman–Crippen MR) is 305 cm³/mol. The molecule has 0 spiro atoms. The highest BCUT2D eigenvalue weighted by atomic mass is 32.2. The van der Waals surface area contributed by atoms with Gasteiger partial charge < -0.3 is 76.2 Å². The quantitative estimate of drug-likeness (QED) is 0.0550. The monoisotopic (exact) mass is 1300 g/mol. The van der Waals surface area contributed by atoms with Crippen molar-refractivity contribution in [3.8, 4) is 0 Å². The van der Waals surface area contributed by atoms with Crippen molar-refractivity contribution >= 4 is 107 Å². The zero-order valence-electron chi connectivity index (χ0n) is 51.2. The van der Waals surface area contributed by atoms with E-state index in [1.165, 1.54) is 76.8 Å². The van der Waals surface area contributed by atoms with Crippen LogP contribution in [0.5, 0.6) is 0 Å². The molecule has 0 radical (unpaired) electrons. The maximum absolute atomic E-state index is 12.5. The second-order valence-electron chi connectivity index (χ2n) is 21.0. The van der Waals surface area contributed by atoms with Crippen LogP contribution in [0.4, 0.5) is 0 Å². The molecule has 1 N–H and O–H groups in total. The Balaban J connectivity index is 1.91. The Morgan fingerprint density at radius 2 is 0.494 bits per heavy atom. The number of hydrogen-bond acceptors (Lipinski definition) is 31. The number of aliphatic hydroxyl groups excluding tert-OH is 1. The maximum Gasteiger partial charge on any atom is 0.303 e. The van der Waals surface area contributed by atoms with Gasteiger partial charge in [0.1, 0.15) is 19.8 Å². The van der Waals surface area contributed by atoms with Crippen LogP contribution in [0, 0.1) is 5.41 Å². The first-order chi connectivity index (χ1) is 40.9. The Kier molecular flexibility index (Phi) is 33.2. The van der Waals surface area contributed by atoms with Crippen LogP contribution in [0.25, 0.3) is 0 Å². The molecule has 0 aromatic carbocycles. The number of carbonyl (C=O) groups is 12. The van der Waals surface area contributed by atoms with Gasteiger partial charge in [-0.3, -0.25) is 57.5 Å². The third-order valence-electron chi connectivity index (χ3n) is 13.2. The Morgan fingerprint density at radius 1 is 0.299 bits per heavy atom. The van der Waals surface area contributed by atoms with Crippen molar-refractivity contribution in [1.29, 1.82) is 0 Å². The van der Waals surface area contributed by atoms with Crippen molar-refractivity contribution in [2.75, 3.05) is 66.1 Å². The van der Waals surface area contributed by atoms with E-state index in [0.29, 0.717) is 0 Å². The summed E-state index contributed by atoms with van der Waals surface area (Å²) >= 11 is 3.64. The van der Waals surface area contributed by atoms with Gasteiger partial charge >= 0.3 is 71.6 Å². The minimum atomic E-state index is -1.28. The van der Waals surface area contributed by atoms with E-state index in [9.17, 15) is 62.6 Å². The van der Waals surface area contributed by atoms with Gasteiger partial charge in [-0.2, -0.15) is 0 Å². The summed E-state index contributed by atoms with van der Waals surface area (Å²) in [4.78, 5) is 148. The Labute approximate surface area is 518 Å². The van der Waals surface area contributed by atoms with Crippen LogP contribution in [0.1, 0.15) is 122 Å². The SMILES string of the molecule is CC(=O)OC[C@H]1S[C@H](CCCOCC(CO)(COCCC[C@H]2S[C@H](COC(C)=O)[C@@H](OC(C)=O)[C@H](OC(C)=O)[C@@H]2OC(C)=O)COCCC[C@H]2S[C@H](COC(C)=O)[C@@H](OC(C)=O)[C@H](OC(C)=O)[C@@H]2OC(C)=O)[C@@H](OC(C)=O)[C@@H](OC(C)=O)[C@@H]1OC(C)=O. The molecule has 0 aliphatic carbocycles. The lowest BCUT2D eigenvalue weighted by molar-refractivity contribution is -0.186. The number of hydrogen-bond donors (Lipinski definition) is 1. The van der Waals surface area contributed by atoms with Crippen molar-refractivity contribution < 1.29 is 134 Å². The summed E-state index contributed by atoms with van der Waals surface area (Å²) in [6.45, 7) is 12.4. The lowest BCUT2D eigenvalue weighted by Crippen LogP contribution is -2.58. The van der Waals surface area contributed by atoms with Crippen LogP contribution in [0.3, 0.4) is 0 Å². The molecule has 0 bridgehead atoms.